The van der Waals surface area contributed by atoms with Gasteiger partial charge in [-0.15, -0.1) is 0 Å². The van der Waals surface area contributed by atoms with Crippen LogP contribution in [-0.2, 0) is 4.79 Å². The SMILES string of the molecule is N[C@@H](C(=O)O)c1cnc2ccccc2c1. The average Bonchev–Trinajstić information content (AvgIpc) is 2.27. The van der Waals surface area contributed by atoms with Gasteiger partial charge in [-0.05, 0) is 17.7 Å². The van der Waals surface area contributed by atoms with Gasteiger partial charge in [0.1, 0.15) is 6.04 Å². The summed E-state index contributed by atoms with van der Waals surface area (Å²) in [6.07, 6.45) is 1.50. The molecule has 0 aliphatic heterocycles. The van der Waals surface area contributed by atoms with Crippen LogP contribution < -0.4 is 5.73 Å². The number of benzene rings is 1. The Hall–Kier alpha value is -1.94. The topological polar surface area (TPSA) is 76.2 Å². The van der Waals surface area contributed by atoms with E-state index in [2.05, 4.69) is 4.98 Å². The maximum atomic E-state index is 10.7. The number of aliphatic carboxylic acids is 1. The number of carboxylic acid groups (broad SMARTS) is 1. The second-order valence-corrected chi connectivity index (χ2v) is 3.28. The Morgan fingerprint density at radius 1 is 1.40 bits per heavy atom. The van der Waals surface area contributed by atoms with E-state index < -0.39 is 12.0 Å². The van der Waals surface area contributed by atoms with Crippen LogP contribution in [0.15, 0.2) is 36.5 Å². The molecule has 2 aromatic rings. The van der Waals surface area contributed by atoms with Crippen LogP contribution in [0, 0.1) is 0 Å². The number of carbonyl (C=O) groups is 1. The molecule has 0 amide bonds. The van der Waals surface area contributed by atoms with E-state index in [0.29, 0.717) is 5.56 Å². The van der Waals surface area contributed by atoms with E-state index in [0.717, 1.165) is 10.9 Å². The van der Waals surface area contributed by atoms with Crippen molar-refractivity contribution in [2.24, 2.45) is 5.73 Å². The van der Waals surface area contributed by atoms with Crippen LogP contribution in [0.1, 0.15) is 11.6 Å². The van der Waals surface area contributed by atoms with E-state index in [9.17, 15) is 4.79 Å². The minimum absolute atomic E-state index is 0.515. The molecule has 1 atom stereocenters. The third-order valence-corrected chi connectivity index (χ3v) is 2.24. The monoisotopic (exact) mass is 202 g/mol. The number of nitrogens with zero attached hydrogens (tertiary/aromatic N) is 1. The number of aromatic nitrogens is 1. The number of carboxylic acids is 1. The molecule has 0 saturated carbocycles. The van der Waals surface area contributed by atoms with Crippen LogP contribution >= 0.6 is 0 Å². The molecule has 76 valence electrons. The van der Waals surface area contributed by atoms with Gasteiger partial charge in [0.25, 0.3) is 0 Å². The number of hydrogen-bond acceptors (Lipinski definition) is 3. The molecular formula is C11H10N2O2. The van der Waals surface area contributed by atoms with Crippen molar-refractivity contribution in [1.82, 2.24) is 4.98 Å². The van der Waals surface area contributed by atoms with Crippen molar-refractivity contribution >= 4 is 16.9 Å². The van der Waals surface area contributed by atoms with Crippen LogP contribution in [0.25, 0.3) is 10.9 Å². The van der Waals surface area contributed by atoms with Crippen LogP contribution in [-0.4, -0.2) is 16.1 Å². The Kier molecular flexibility index (Phi) is 2.35. The van der Waals surface area contributed by atoms with Gasteiger partial charge in [0.2, 0.25) is 0 Å². The Balaban J connectivity index is 2.51. The molecular weight excluding hydrogens is 192 g/mol. The van der Waals surface area contributed by atoms with Gasteiger partial charge in [-0.1, -0.05) is 18.2 Å². The summed E-state index contributed by atoms with van der Waals surface area (Å²) in [5, 5.41) is 9.65. The molecule has 0 unspecified atom stereocenters. The molecule has 0 saturated heterocycles. The number of fused-ring (bicyclic) bond motifs is 1. The second kappa shape index (κ2) is 3.67. The van der Waals surface area contributed by atoms with Gasteiger partial charge in [-0.2, -0.15) is 0 Å². The highest BCUT2D eigenvalue weighted by atomic mass is 16.4. The summed E-state index contributed by atoms with van der Waals surface area (Å²) in [6.45, 7) is 0. The molecule has 15 heavy (non-hydrogen) atoms. The van der Waals surface area contributed by atoms with Crippen molar-refractivity contribution in [1.29, 1.82) is 0 Å². The average molecular weight is 202 g/mol. The maximum Gasteiger partial charge on any atom is 0.325 e. The van der Waals surface area contributed by atoms with Gasteiger partial charge < -0.3 is 10.8 Å². The quantitative estimate of drug-likeness (QED) is 0.770. The maximum absolute atomic E-state index is 10.7. The predicted molar refractivity (Wildman–Crippen MR) is 56.3 cm³/mol. The van der Waals surface area contributed by atoms with Crippen molar-refractivity contribution < 1.29 is 9.90 Å². The molecule has 0 spiro atoms. The molecule has 4 nitrogen and oxygen atoms in total. The molecule has 0 bridgehead atoms. The molecule has 1 aromatic heterocycles. The van der Waals surface area contributed by atoms with Gasteiger partial charge in [0.05, 0.1) is 5.52 Å². The number of pyridine rings is 1. The number of rotatable bonds is 2. The first-order chi connectivity index (χ1) is 7.18. The first kappa shape index (κ1) is 9.61. The second-order valence-electron chi connectivity index (χ2n) is 3.28. The van der Waals surface area contributed by atoms with Crippen molar-refractivity contribution in [3.8, 4) is 0 Å². The highest BCUT2D eigenvalue weighted by Crippen LogP contribution is 2.16. The van der Waals surface area contributed by atoms with E-state index >= 15 is 0 Å². The summed E-state index contributed by atoms with van der Waals surface area (Å²) in [7, 11) is 0. The zero-order valence-electron chi connectivity index (χ0n) is 7.92. The lowest BCUT2D eigenvalue weighted by Crippen LogP contribution is -2.20. The molecule has 1 aromatic carbocycles. The Morgan fingerprint density at radius 3 is 2.87 bits per heavy atom. The third kappa shape index (κ3) is 1.80. The van der Waals surface area contributed by atoms with Crippen LogP contribution in [0.5, 0.6) is 0 Å². The van der Waals surface area contributed by atoms with E-state index in [1.165, 1.54) is 6.20 Å². The Bertz CT molecular complexity index is 511. The number of hydrogen-bond donors (Lipinski definition) is 2. The van der Waals surface area contributed by atoms with Gasteiger partial charge >= 0.3 is 5.97 Å². The van der Waals surface area contributed by atoms with Crippen molar-refractivity contribution in [3.05, 3.63) is 42.1 Å². The normalized spacial score (nSPS) is 12.6. The highest BCUT2D eigenvalue weighted by molar-refractivity contribution is 5.81. The molecule has 1 heterocycles. The Morgan fingerprint density at radius 2 is 2.13 bits per heavy atom. The summed E-state index contributed by atoms with van der Waals surface area (Å²) in [4.78, 5) is 14.8. The molecule has 0 aliphatic carbocycles. The summed E-state index contributed by atoms with van der Waals surface area (Å²) in [5.41, 5.74) is 6.84. The molecule has 0 radical (unpaired) electrons. The van der Waals surface area contributed by atoms with E-state index in [4.69, 9.17) is 10.8 Å². The molecule has 4 heteroatoms. The smallest absolute Gasteiger partial charge is 0.325 e. The van der Waals surface area contributed by atoms with Crippen molar-refractivity contribution in [2.45, 2.75) is 6.04 Å². The highest BCUT2D eigenvalue weighted by Gasteiger charge is 2.14. The fourth-order valence-electron chi connectivity index (χ4n) is 1.40. The van der Waals surface area contributed by atoms with Crippen molar-refractivity contribution in [3.63, 3.8) is 0 Å². The lowest BCUT2D eigenvalue weighted by molar-refractivity contribution is -0.138. The fourth-order valence-corrected chi connectivity index (χ4v) is 1.40. The number of para-hydroxylation sites is 1. The first-order valence-corrected chi connectivity index (χ1v) is 4.51. The van der Waals surface area contributed by atoms with E-state index in [1.807, 2.05) is 24.3 Å². The summed E-state index contributed by atoms with van der Waals surface area (Å²) >= 11 is 0. The molecule has 0 aliphatic rings. The van der Waals surface area contributed by atoms with E-state index in [-0.39, 0.29) is 0 Å². The van der Waals surface area contributed by atoms with Gasteiger partial charge in [-0.25, -0.2) is 0 Å². The first-order valence-electron chi connectivity index (χ1n) is 4.51. The van der Waals surface area contributed by atoms with Gasteiger partial charge in [0, 0.05) is 11.6 Å². The minimum Gasteiger partial charge on any atom is -0.480 e. The zero-order chi connectivity index (χ0) is 10.8. The molecule has 3 N–H and O–H groups in total. The van der Waals surface area contributed by atoms with E-state index in [1.54, 1.807) is 6.07 Å². The zero-order valence-corrected chi connectivity index (χ0v) is 7.92. The summed E-state index contributed by atoms with van der Waals surface area (Å²) in [6, 6.07) is 8.24. The van der Waals surface area contributed by atoms with Crippen LogP contribution in [0.4, 0.5) is 0 Å². The lowest BCUT2D eigenvalue weighted by Gasteiger charge is -2.06. The summed E-state index contributed by atoms with van der Waals surface area (Å²) < 4.78 is 0. The van der Waals surface area contributed by atoms with Crippen molar-refractivity contribution in [2.75, 3.05) is 0 Å². The minimum atomic E-state index is -1.05. The van der Waals surface area contributed by atoms with Gasteiger partial charge in [0.15, 0.2) is 0 Å². The van der Waals surface area contributed by atoms with Crippen LogP contribution in [0.3, 0.4) is 0 Å². The standard InChI is InChI=1S/C11H10N2O2/c12-10(11(14)15)8-5-7-3-1-2-4-9(7)13-6-8/h1-6,10H,12H2,(H,14,15)/t10-/m1/s1. The van der Waals surface area contributed by atoms with Gasteiger partial charge in [-0.3, -0.25) is 9.78 Å². The molecule has 0 fully saturated rings. The fraction of sp³-hybridized carbons (Fsp3) is 0.0909. The Labute approximate surface area is 86.4 Å². The largest absolute Gasteiger partial charge is 0.480 e. The third-order valence-electron chi connectivity index (χ3n) is 2.24. The lowest BCUT2D eigenvalue weighted by atomic mass is 10.1. The predicted octanol–water partition coefficient (Wildman–Crippen LogP) is 1.32. The van der Waals surface area contributed by atoms with Crippen LogP contribution in [0.2, 0.25) is 0 Å². The number of nitrogens with two attached hydrogens (primary N) is 1. The molecule has 2 rings (SSSR count). The summed E-state index contributed by atoms with van der Waals surface area (Å²) in [5.74, 6) is -1.05.